The van der Waals surface area contributed by atoms with Gasteiger partial charge in [-0.15, -0.1) is 0 Å². The summed E-state index contributed by atoms with van der Waals surface area (Å²) in [5, 5.41) is 20.1. The van der Waals surface area contributed by atoms with Gasteiger partial charge >= 0.3 is 11.9 Å². The summed E-state index contributed by atoms with van der Waals surface area (Å²) in [6, 6.07) is 1.83. The molecule has 2 aliphatic carbocycles. The topological polar surface area (TPSA) is 106 Å². The molecular weight excluding hydrogens is 340 g/mol. The number of hydrogen-bond donors (Lipinski definition) is 2. The zero-order valence-corrected chi connectivity index (χ0v) is 14.5. The molecule has 2 saturated heterocycles. The number of hydrogen-bond acceptors (Lipinski definition) is 6. The molecule has 0 aromatic carbocycles. The molecule has 8 atom stereocenters. The minimum Gasteiger partial charge on any atom is -0.481 e. The van der Waals surface area contributed by atoms with E-state index in [9.17, 15) is 19.8 Å². The summed E-state index contributed by atoms with van der Waals surface area (Å²) in [6.07, 6.45) is 3.39. The van der Waals surface area contributed by atoms with Crippen LogP contribution in [0.1, 0.15) is 44.3 Å². The maximum Gasteiger partial charge on any atom is 0.339 e. The number of carbonyl (C=O) groups excluding carboxylic acids is 1. The van der Waals surface area contributed by atoms with Crippen LogP contribution in [0.25, 0.3) is 0 Å². The first-order valence-electron chi connectivity index (χ1n) is 9.17. The molecule has 2 aliphatic heterocycles. The molecule has 3 heterocycles. The van der Waals surface area contributed by atoms with Crippen molar-refractivity contribution in [1.82, 2.24) is 0 Å². The van der Waals surface area contributed by atoms with Gasteiger partial charge in [-0.25, -0.2) is 4.79 Å². The molecule has 2 bridgehead atoms. The summed E-state index contributed by atoms with van der Waals surface area (Å²) in [5.41, 5.74) is -0.784. The number of rotatable bonds is 2. The lowest BCUT2D eigenvalue weighted by molar-refractivity contribution is -0.174. The normalized spacial score (nSPS) is 49.4. The van der Waals surface area contributed by atoms with E-state index in [1.807, 2.05) is 13.0 Å². The number of aliphatic hydroxyl groups excluding tert-OH is 1. The third kappa shape index (κ3) is 1.85. The predicted molar refractivity (Wildman–Crippen MR) is 85.8 cm³/mol. The second kappa shape index (κ2) is 5.10. The monoisotopic (exact) mass is 362 g/mol. The van der Waals surface area contributed by atoms with Crippen molar-refractivity contribution < 1.29 is 33.7 Å². The Hall–Kier alpha value is -1.86. The Morgan fingerprint density at radius 3 is 2.81 bits per heavy atom. The molecule has 1 aromatic rings. The molecule has 1 aromatic heterocycles. The van der Waals surface area contributed by atoms with Crippen LogP contribution in [0.3, 0.4) is 0 Å². The second-order valence-corrected chi connectivity index (χ2v) is 8.51. The molecule has 1 spiro atoms. The van der Waals surface area contributed by atoms with Crippen LogP contribution in [-0.2, 0) is 19.1 Å². The highest BCUT2D eigenvalue weighted by Crippen LogP contribution is 2.68. The van der Waals surface area contributed by atoms with Crippen LogP contribution < -0.4 is 0 Å². The average molecular weight is 362 g/mol. The number of fused-ring (bicyclic) bond motifs is 4. The summed E-state index contributed by atoms with van der Waals surface area (Å²) in [6.45, 7) is 2.00. The Labute approximate surface area is 150 Å². The third-order valence-corrected chi connectivity index (χ3v) is 7.41. The van der Waals surface area contributed by atoms with E-state index in [0.717, 1.165) is 5.56 Å². The van der Waals surface area contributed by atoms with Gasteiger partial charge in [-0.2, -0.15) is 0 Å². The second-order valence-electron chi connectivity index (χ2n) is 8.51. The largest absolute Gasteiger partial charge is 0.481 e. The zero-order chi connectivity index (χ0) is 18.3. The summed E-state index contributed by atoms with van der Waals surface area (Å²) < 4.78 is 17.2. The molecule has 26 heavy (non-hydrogen) atoms. The van der Waals surface area contributed by atoms with Crippen molar-refractivity contribution in [3.63, 3.8) is 0 Å². The molecule has 4 aliphatic rings. The number of furan rings is 1. The van der Waals surface area contributed by atoms with E-state index in [1.165, 1.54) is 0 Å². The molecule has 140 valence electrons. The van der Waals surface area contributed by atoms with Gasteiger partial charge in [0, 0.05) is 23.3 Å². The van der Waals surface area contributed by atoms with E-state index < -0.39 is 35.1 Å². The number of aliphatic hydroxyl groups is 1. The molecule has 2 saturated carbocycles. The fourth-order valence-electron chi connectivity index (χ4n) is 6.23. The van der Waals surface area contributed by atoms with Gasteiger partial charge in [0.1, 0.15) is 6.10 Å². The van der Waals surface area contributed by atoms with E-state index in [-0.39, 0.29) is 30.3 Å². The van der Waals surface area contributed by atoms with Crippen molar-refractivity contribution in [2.45, 2.75) is 56.5 Å². The lowest BCUT2D eigenvalue weighted by Crippen LogP contribution is -2.60. The highest BCUT2D eigenvalue weighted by molar-refractivity contribution is 5.85. The molecule has 0 amide bonds. The highest BCUT2D eigenvalue weighted by Gasteiger charge is 2.76. The van der Waals surface area contributed by atoms with Gasteiger partial charge in [0.25, 0.3) is 0 Å². The number of esters is 1. The summed E-state index contributed by atoms with van der Waals surface area (Å²) in [4.78, 5) is 24.8. The quantitative estimate of drug-likeness (QED) is 0.774. The fourth-order valence-corrected chi connectivity index (χ4v) is 6.23. The SMILES string of the molecule is C[C@@]12C[C@H](c3ccoc3)OC13C[C@H](OC3=O)C1C(C(=O)O)C[C@H](O)C[C@H]12. The van der Waals surface area contributed by atoms with Gasteiger partial charge in [0.15, 0.2) is 5.60 Å². The van der Waals surface area contributed by atoms with Gasteiger partial charge in [0.2, 0.25) is 0 Å². The minimum atomic E-state index is -1.07. The Kier molecular flexibility index (Phi) is 3.20. The van der Waals surface area contributed by atoms with Crippen LogP contribution in [0.4, 0.5) is 0 Å². The molecule has 4 fully saturated rings. The van der Waals surface area contributed by atoms with Crippen LogP contribution in [0.2, 0.25) is 0 Å². The first kappa shape index (κ1) is 16.3. The van der Waals surface area contributed by atoms with Gasteiger partial charge in [0.05, 0.1) is 30.7 Å². The van der Waals surface area contributed by atoms with Crippen molar-refractivity contribution >= 4 is 11.9 Å². The Balaban J connectivity index is 1.61. The van der Waals surface area contributed by atoms with Crippen LogP contribution in [-0.4, -0.2) is 40.0 Å². The molecule has 0 radical (unpaired) electrons. The fraction of sp³-hybridized carbons (Fsp3) is 0.684. The minimum absolute atomic E-state index is 0.144. The molecule has 3 unspecified atom stereocenters. The van der Waals surface area contributed by atoms with E-state index >= 15 is 0 Å². The van der Waals surface area contributed by atoms with E-state index in [4.69, 9.17) is 13.9 Å². The van der Waals surface area contributed by atoms with Crippen molar-refractivity contribution in [2.75, 3.05) is 0 Å². The Morgan fingerprint density at radius 2 is 2.12 bits per heavy atom. The van der Waals surface area contributed by atoms with Crippen molar-refractivity contribution in [1.29, 1.82) is 0 Å². The maximum atomic E-state index is 12.9. The van der Waals surface area contributed by atoms with Gasteiger partial charge in [-0.05, 0) is 31.2 Å². The lowest BCUT2D eigenvalue weighted by Gasteiger charge is -2.53. The van der Waals surface area contributed by atoms with Gasteiger partial charge in [-0.3, -0.25) is 4.79 Å². The average Bonchev–Trinajstić information content (AvgIpc) is 3.27. The first-order chi connectivity index (χ1) is 12.4. The molecule has 7 heteroatoms. The van der Waals surface area contributed by atoms with E-state index in [2.05, 4.69) is 0 Å². The molecule has 7 nitrogen and oxygen atoms in total. The van der Waals surface area contributed by atoms with Crippen LogP contribution in [0.15, 0.2) is 23.0 Å². The van der Waals surface area contributed by atoms with Crippen LogP contribution >= 0.6 is 0 Å². The van der Waals surface area contributed by atoms with E-state index in [0.29, 0.717) is 19.3 Å². The van der Waals surface area contributed by atoms with Crippen molar-refractivity contribution in [3.05, 3.63) is 24.2 Å². The number of carboxylic acids is 1. The highest BCUT2D eigenvalue weighted by atomic mass is 16.6. The zero-order valence-electron chi connectivity index (χ0n) is 14.5. The summed E-state index contributed by atoms with van der Waals surface area (Å²) in [5.74, 6) is -2.45. The van der Waals surface area contributed by atoms with Crippen molar-refractivity contribution in [2.24, 2.45) is 23.2 Å². The first-order valence-corrected chi connectivity index (χ1v) is 9.17. The van der Waals surface area contributed by atoms with Crippen molar-refractivity contribution in [3.8, 4) is 0 Å². The number of ether oxygens (including phenoxy) is 2. The third-order valence-electron chi connectivity index (χ3n) is 7.41. The van der Waals surface area contributed by atoms with Crippen LogP contribution in [0.5, 0.6) is 0 Å². The molecule has 5 rings (SSSR count). The number of carbonyl (C=O) groups is 2. The van der Waals surface area contributed by atoms with E-state index in [1.54, 1.807) is 12.5 Å². The van der Waals surface area contributed by atoms with Gasteiger partial charge in [-0.1, -0.05) is 6.92 Å². The molecule has 2 N–H and O–H groups in total. The maximum absolute atomic E-state index is 12.9. The Bertz CT molecular complexity index is 758. The Morgan fingerprint density at radius 1 is 1.31 bits per heavy atom. The number of aliphatic carboxylic acids is 1. The number of carboxylic acid groups (broad SMARTS) is 1. The summed E-state index contributed by atoms with van der Waals surface area (Å²) >= 11 is 0. The smallest absolute Gasteiger partial charge is 0.339 e. The molecular formula is C19H22O7. The predicted octanol–water partition coefficient (Wildman–Crippen LogP) is 1.90. The summed E-state index contributed by atoms with van der Waals surface area (Å²) in [7, 11) is 0. The lowest BCUT2D eigenvalue weighted by atomic mass is 9.49. The van der Waals surface area contributed by atoms with Gasteiger partial charge < -0.3 is 24.1 Å². The standard InChI is InChI=1S/C19H22O7/c1-18-6-13(9-2-3-24-8-9)26-19(18)7-14(25-17(19)23)15-11(16(21)22)4-10(20)5-12(15)18/h2-3,8,10-15,20H,4-7H2,1H3,(H,21,22)/t10-,11?,12+,13+,14-,15?,18-,19?/m0/s1. The van der Waals surface area contributed by atoms with Crippen LogP contribution in [0, 0.1) is 23.2 Å².